The third kappa shape index (κ3) is 7.00. The summed E-state index contributed by atoms with van der Waals surface area (Å²) in [5.41, 5.74) is -0.877. The summed E-state index contributed by atoms with van der Waals surface area (Å²) in [4.78, 5) is 31.6. The maximum Gasteiger partial charge on any atom is 0.416 e. The Morgan fingerprint density at radius 2 is 1.78 bits per heavy atom. The van der Waals surface area contributed by atoms with Crippen molar-refractivity contribution in [1.82, 2.24) is 34.0 Å². The number of aliphatic hydroxyl groups is 1. The largest absolute Gasteiger partial charge is 0.416 e. The summed E-state index contributed by atoms with van der Waals surface area (Å²) in [6, 6.07) is 9.94. The molecule has 19 heteroatoms. The molecule has 1 amide bonds. The summed E-state index contributed by atoms with van der Waals surface area (Å²) in [6.45, 7) is -2.78. The van der Waals surface area contributed by atoms with Gasteiger partial charge in [-0.3, -0.25) is 9.36 Å². The van der Waals surface area contributed by atoms with Crippen LogP contribution in [-0.4, -0.2) is 89.3 Å². The molecule has 1 unspecified atom stereocenters. The minimum atomic E-state index is -5.02. The molecule has 1 N–H and O–H groups in total. The van der Waals surface area contributed by atoms with Crippen LogP contribution in [0.3, 0.4) is 0 Å². The SMILES string of the molecule is O=C(c1cccc(Cl)c1-n1cnc(Cn2nc(-c3ccc(Cl)cc3)n(C[C@H](O)C(F)(F)F)c2=O)n1)N1CCOC(C(F)(F)F)C1. The molecule has 0 radical (unpaired) electrons. The van der Waals surface area contributed by atoms with E-state index in [1.54, 1.807) is 0 Å². The lowest BCUT2D eigenvalue weighted by atomic mass is 10.1. The summed E-state index contributed by atoms with van der Waals surface area (Å²) in [5.74, 6) is -1.04. The maximum absolute atomic E-state index is 13.3. The molecule has 0 saturated carbocycles. The molecular formula is C26H21Cl2F6N7O4. The maximum atomic E-state index is 13.3. The fraction of sp³-hybridized carbons (Fsp3) is 0.346. The summed E-state index contributed by atoms with van der Waals surface area (Å²) in [5, 5.41) is 18.4. The molecule has 0 bridgehead atoms. The van der Waals surface area contributed by atoms with E-state index in [4.69, 9.17) is 27.9 Å². The van der Waals surface area contributed by atoms with Crippen LogP contribution in [0.15, 0.2) is 53.6 Å². The highest BCUT2D eigenvalue weighted by molar-refractivity contribution is 6.33. The highest BCUT2D eigenvalue weighted by Gasteiger charge is 2.44. The number of hydrogen-bond acceptors (Lipinski definition) is 7. The van der Waals surface area contributed by atoms with Crippen molar-refractivity contribution in [2.45, 2.75) is 37.7 Å². The Bertz CT molecular complexity index is 1750. The van der Waals surface area contributed by atoms with E-state index in [1.807, 2.05) is 0 Å². The molecule has 5 rings (SSSR count). The average molecular weight is 680 g/mol. The van der Waals surface area contributed by atoms with Crippen molar-refractivity contribution in [1.29, 1.82) is 0 Å². The first kappa shape index (κ1) is 32.5. The molecule has 3 heterocycles. The van der Waals surface area contributed by atoms with Gasteiger partial charge in [-0.25, -0.2) is 19.1 Å². The van der Waals surface area contributed by atoms with E-state index < -0.39 is 55.8 Å². The molecule has 45 heavy (non-hydrogen) atoms. The third-order valence-electron chi connectivity index (χ3n) is 6.75. The number of ether oxygens (including phenoxy) is 1. The molecule has 240 valence electrons. The van der Waals surface area contributed by atoms with Gasteiger partial charge in [-0.2, -0.15) is 26.3 Å². The van der Waals surface area contributed by atoms with Gasteiger partial charge in [0.25, 0.3) is 5.91 Å². The van der Waals surface area contributed by atoms with Gasteiger partial charge in [0.05, 0.1) is 36.0 Å². The summed E-state index contributed by atoms with van der Waals surface area (Å²) in [7, 11) is 0. The number of rotatable bonds is 7. The molecule has 2 aromatic heterocycles. The third-order valence-corrected chi connectivity index (χ3v) is 7.31. The molecule has 2 atom stereocenters. The predicted octanol–water partition coefficient (Wildman–Crippen LogP) is 3.97. The Morgan fingerprint density at radius 1 is 1.07 bits per heavy atom. The van der Waals surface area contributed by atoms with Crippen molar-refractivity contribution in [3.8, 4) is 17.1 Å². The number of benzene rings is 2. The highest BCUT2D eigenvalue weighted by atomic mass is 35.5. The van der Waals surface area contributed by atoms with Crippen molar-refractivity contribution in [2.75, 3.05) is 19.7 Å². The van der Waals surface area contributed by atoms with E-state index in [1.165, 1.54) is 42.5 Å². The number of para-hydroxylation sites is 1. The minimum absolute atomic E-state index is 0.00513. The standard InChI is InChI=1S/C26H21Cl2F6N7O4/c27-15-6-4-14(5-7-15)22-37-40(24(44)39(22)10-18(42)25(29,30)31)12-20-35-13-41(36-20)21-16(2-1-3-17(21)28)23(43)38-8-9-45-19(11-38)26(32,33)34/h1-7,13,18-19,42H,8-12H2/t18-,19?/m0/s1. The van der Waals surface area contributed by atoms with Crippen molar-refractivity contribution < 1.29 is 41.0 Å². The quantitative estimate of drug-likeness (QED) is 0.294. The summed E-state index contributed by atoms with van der Waals surface area (Å²) in [6.07, 6.45) is -13.6. The van der Waals surface area contributed by atoms with Crippen LogP contribution in [0.25, 0.3) is 17.1 Å². The lowest BCUT2D eigenvalue weighted by molar-refractivity contribution is -0.233. The molecule has 0 spiro atoms. The second-order valence-corrected chi connectivity index (χ2v) is 10.7. The number of aromatic nitrogens is 6. The zero-order valence-corrected chi connectivity index (χ0v) is 24.1. The fourth-order valence-electron chi connectivity index (χ4n) is 4.53. The Kier molecular flexibility index (Phi) is 8.99. The number of hydrogen-bond donors (Lipinski definition) is 1. The summed E-state index contributed by atoms with van der Waals surface area (Å²) >= 11 is 12.3. The fourth-order valence-corrected chi connectivity index (χ4v) is 4.92. The predicted molar refractivity (Wildman–Crippen MR) is 146 cm³/mol. The first-order chi connectivity index (χ1) is 21.1. The van der Waals surface area contributed by atoms with Gasteiger partial charge in [-0.05, 0) is 36.4 Å². The number of nitrogens with zero attached hydrogens (tertiary/aromatic N) is 7. The van der Waals surface area contributed by atoms with Gasteiger partial charge in [-0.1, -0.05) is 29.3 Å². The van der Waals surface area contributed by atoms with Crippen molar-refractivity contribution >= 4 is 29.1 Å². The number of carbonyl (C=O) groups is 1. The smallest absolute Gasteiger partial charge is 0.382 e. The van der Waals surface area contributed by atoms with Gasteiger partial charge in [0.1, 0.15) is 12.9 Å². The number of morpholine rings is 1. The zero-order valence-electron chi connectivity index (χ0n) is 22.6. The van der Waals surface area contributed by atoms with Gasteiger partial charge in [0, 0.05) is 17.1 Å². The Hall–Kier alpha value is -3.93. The van der Waals surface area contributed by atoms with Gasteiger partial charge < -0.3 is 14.7 Å². The molecule has 0 aliphatic carbocycles. The van der Waals surface area contributed by atoms with Gasteiger partial charge in [0.15, 0.2) is 23.9 Å². The van der Waals surface area contributed by atoms with Crippen LogP contribution in [0.1, 0.15) is 16.2 Å². The Balaban J connectivity index is 1.46. The first-order valence-corrected chi connectivity index (χ1v) is 13.7. The summed E-state index contributed by atoms with van der Waals surface area (Å²) < 4.78 is 86.5. The Labute approximate surface area is 259 Å². The monoisotopic (exact) mass is 679 g/mol. The number of alkyl halides is 6. The van der Waals surface area contributed by atoms with Crippen molar-refractivity contribution in [3.05, 3.63) is 80.7 Å². The van der Waals surface area contributed by atoms with Crippen LogP contribution in [0.5, 0.6) is 0 Å². The molecule has 2 aromatic carbocycles. The molecule has 1 aliphatic rings. The molecule has 1 saturated heterocycles. The number of halogens is 8. The number of amides is 1. The molecular weight excluding hydrogens is 659 g/mol. The van der Waals surface area contributed by atoms with Gasteiger partial charge >= 0.3 is 18.0 Å². The van der Waals surface area contributed by atoms with E-state index in [2.05, 4.69) is 15.2 Å². The van der Waals surface area contributed by atoms with Crippen LogP contribution in [0.4, 0.5) is 26.3 Å². The average Bonchev–Trinajstić information content (AvgIpc) is 3.56. The highest BCUT2D eigenvalue weighted by Crippen LogP contribution is 2.29. The molecule has 1 fully saturated rings. The van der Waals surface area contributed by atoms with Crippen LogP contribution in [0.2, 0.25) is 10.0 Å². The van der Waals surface area contributed by atoms with Crippen LogP contribution in [-0.2, 0) is 17.8 Å². The molecule has 1 aliphatic heterocycles. The zero-order chi connectivity index (χ0) is 32.7. The lowest BCUT2D eigenvalue weighted by Crippen LogP contribution is -2.51. The first-order valence-electron chi connectivity index (χ1n) is 13.0. The van der Waals surface area contributed by atoms with E-state index in [0.717, 1.165) is 20.6 Å². The van der Waals surface area contributed by atoms with Crippen LogP contribution in [0, 0.1) is 0 Å². The topological polar surface area (TPSA) is 120 Å². The van der Waals surface area contributed by atoms with E-state index in [-0.39, 0.29) is 46.6 Å². The van der Waals surface area contributed by atoms with Crippen molar-refractivity contribution in [2.24, 2.45) is 0 Å². The minimum Gasteiger partial charge on any atom is -0.382 e. The van der Waals surface area contributed by atoms with E-state index >= 15 is 0 Å². The molecule has 4 aromatic rings. The van der Waals surface area contributed by atoms with Crippen LogP contribution < -0.4 is 5.69 Å². The normalized spacial score (nSPS) is 16.6. The van der Waals surface area contributed by atoms with Gasteiger partial charge in [0.2, 0.25) is 0 Å². The Morgan fingerprint density at radius 3 is 2.44 bits per heavy atom. The van der Waals surface area contributed by atoms with Crippen LogP contribution >= 0.6 is 23.2 Å². The lowest BCUT2D eigenvalue weighted by Gasteiger charge is -2.34. The number of carbonyl (C=O) groups excluding carboxylic acids is 1. The van der Waals surface area contributed by atoms with E-state index in [0.29, 0.717) is 9.59 Å². The second kappa shape index (κ2) is 12.5. The second-order valence-electron chi connectivity index (χ2n) is 9.83. The molecule has 11 nitrogen and oxygen atoms in total. The number of aliphatic hydroxyl groups excluding tert-OH is 1. The van der Waals surface area contributed by atoms with Gasteiger partial charge in [-0.15, -0.1) is 10.2 Å². The van der Waals surface area contributed by atoms with Crippen molar-refractivity contribution in [3.63, 3.8) is 0 Å². The van der Waals surface area contributed by atoms with E-state index in [9.17, 15) is 41.0 Å².